The van der Waals surface area contributed by atoms with Gasteiger partial charge in [-0.15, -0.1) is 0 Å². The van der Waals surface area contributed by atoms with Gasteiger partial charge in [-0.25, -0.2) is 9.78 Å². The van der Waals surface area contributed by atoms with Crippen LogP contribution in [0.1, 0.15) is 67.1 Å². The summed E-state index contributed by atoms with van der Waals surface area (Å²) in [6.45, 7) is 10.5. The number of rotatable bonds is 5. The molecule has 1 aromatic heterocycles. The van der Waals surface area contributed by atoms with Crippen molar-refractivity contribution in [3.05, 3.63) is 69.9 Å². The number of aromatic nitrogens is 2. The maximum atomic E-state index is 13.8. The highest BCUT2D eigenvalue weighted by atomic mass is 16.6. The Hall–Kier alpha value is -5.16. The molecule has 5 rings (SSSR count). The summed E-state index contributed by atoms with van der Waals surface area (Å²) in [4.78, 5) is 39.6. The molecule has 3 aromatic rings. The van der Waals surface area contributed by atoms with Gasteiger partial charge in [0.05, 0.1) is 29.0 Å². The predicted molar refractivity (Wildman–Crippen MR) is 167 cm³/mol. The molecule has 45 heavy (non-hydrogen) atoms. The number of aryl methyl sites for hydroxylation is 2. The molecule has 11 nitrogen and oxygen atoms in total. The van der Waals surface area contributed by atoms with E-state index in [1.807, 2.05) is 34.6 Å². The van der Waals surface area contributed by atoms with Gasteiger partial charge in [-0.05, 0) is 101 Å². The highest BCUT2D eigenvalue weighted by molar-refractivity contribution is 5.86. The van der Waals surface area contributed by atoms with Crippen molar-refractivity contribution in [1.29, 1.82) is 10.5 Å². The molecular formula is C34H37N7O4. The Balaban J connectivity index is 1.44. The lowest BCUT2D eigenvalue weighted by molar-refractivity contribution is -0.135. The fraction of sp³-hybridized carbons (Fsp3) is 0.412. The second kappa shape index (κ2) is 12.8. The fourth-order valence-electron chi connectivity index (χ4n) is 5.73. The second-order valence-corrected chi connectivity index (χ2v) is 12.4. The Morgan fingerprint density at radius 3 is 2.27 bits per heavy atom. The van der Waals surface area contributed by atoms with E-state index >= 15 is 0 Å². The standard InChI is InChI=1S/C34H37N7O4/c1-21-17-24(20-36)18-22(2)29(21)44-30-26-12-15-40(31(42)28-7-6-14-41(28)33(43)45-34(3,4)5)16-13-27(26)38-32(39-30)37-25-10-8-23(19-35)9-11-25/h8-11,17-18,28H,6-7,12-16H2,1-5H3,(H,37,38,39)/t28-/m1/s1. The number of ether oxygens (including phenoxy) is 2. The summed E-state index contributed by atoms with van der Waals surface area (Å²) in [7, 11) is 0. The third kappa shape index (κ3) is 7.15. The molecule has 0 aliphatic carbocycles. The van der Waals surface area contributed by atoms with Crippen LogP contribution in [-0.4, -0.2) is 63.0 Å². The number of nitrogens with zero attached hydrogens (tertiary/aromatic N) is 6. The topological polar surface area (TPSA) is 144 Å². The molecule has 1 saturated heterocycles. The van der Waals surface area contributed by atoms with Crippen LogP contribution in [0.5, 0.6) is 11.6 Å². The first kappa shape index (κ1) is 31.3. The van der Waals surface area contributed by atoms with Crippen LogP contribution in [0.3, 0.4) is 0 Å². The smallest absolute Gasteiger partial charge is 0.410 e. The zero-order valence-electron chi connectivity index (χ0n) is 26.3. The number of hydrogen-bond acceptors (Lipinski definition) is 9. The number of nitriles is 2. The van der Waals surface area contributed by atoms with Gasteiger partial charge in [-0.1, -0.05) is 0 Å². The van der Waals surface area contributed by atoms with E-state index in [0.29, 0.717) is 73.3 Å². The van der Waals surface area contributed by atoms with Crippen molar-refractivity contribution in [3.8, 4) is 23.8 Å². The number of carbonyl (C=O) groups excluding carboxylic acids is 2. The van der Waals surface area contributed by atoms with E-state index < -0.39 is 17.7 Å². The summed E-state index contributed by atoms with van der Waals surface area (Å²) in [5.41, 5.74) is 4.30. The Kier molecular flexibility index (Phi) is 8.92. The number of benzene rings is 2. The number of likely N-dealkylation sites (tertiary alicyclic amines) is 1. The Bertz CT molecular complexity index is 1680. The molecule has 1 atom stereocenters. The van der Waals surface area contributed by atoms with Crippen molar-refractivity contribution < 1.29 is 19.1 Å². The molecule has 1 fully saturated rings. The molecule has 0 radical (unpaired) electrons. The van der Waals surface area contributed by atoms with Crippen LogP contribution in [0.2, 0.25) is 0 Å². The number of nitrogens with one attached hydrogen (secondary N) is 1. The molecule has 1 N–H and O–H groups in total. The van der Waals surface area contributed by atoms with E-state index in [2.05, 4.69) is 17.5 Å². The molecule has 2 aromatic carbocycles. The van der Waals surface area contributed by atoms with Crippen molar-refractivity contribution in [1.82, 2.24) is 19.8 Å². The molecular weight excluding hydrogens is 570 g/mol. The van der Waals surface area contributed by atoms with Gasteiger partial charge in [0, 0.05) is 37.3 Å². The predicted octanol–water partition coefficient (Wildman–Crippen LogP) is 5.70. The monoisotopic (exact) mass is 607 g/mol. The lowest BCUT2D eigenvalue weighted by Crippen LogP contribution is -2.49. The zero-order valence-corrected chi connectivity index (χ0v) is 26.3. The summed E-state index contributed by atoms with van der Waals surface area (Å²) < 4.78 is 12.1. The van der Waals surface area contributed by atoms with Gasteiger partial charge < -0.3 is 19.7 Å². The lowest BCUT2D eigenvalue weighted by atomic mass is 10.1. The van der Waals surface area contributed by atoms with Crippen LogP contribution in [0.4, 0.5) is 16.4 Å². The van der Waals surface area contributed by atoms with Crippen molar-refractivity contribution >= 4 is 23.6 Å². The third-order valence-electron chi connectivity index (χ3n) is 7.84. The lowest BCUT2D eigenvalue weighted by Gasteiger charge is -2.31. The molecule has 0 unspecified atom stereocenters. The van der Waals surface area contributed by atoms with Crippen molar-refractivity contribution in [2.45, 2.75) is 71.9 Å². The summed E-state index contributed by atoms with van der Waals surface area (Å²) in [6, 6.07) is 14.2. The van der Waals surface area contributed by atoms with E-state index in [1.165, 1.54) is 0 Å². The minimum Gasteiger partial charge on any atom is -0.444 e. The van der Waals surface area contributed by atoms with Crippen LogP contribution >= 0.6 is 0 Å². The largest absolute Gasteiger partial charge is 0.444 e. The van der Waals surface area contributed by atoms with Crippen LogP contribution in [-0.2, 0) is 22.4 Å². The minimum atomic E-state index is -0.651. The van der Waals surface area contributed by atoms with Crippen LogP contribution in [0.15, 0.2) is 36.4 Å². The highest BCUT2D eigenvalue weighted by Gasteiger charge is 2.39. The first-order valence-corrected chi connectivity index (χ1v) is 15.1. The van der Waals surface area contributed by atoms with Crippen molar-refractivity contribution in [2.24, 2.45) is 0 Å². The third-order valence-corrected chi connectivity index (χ3v) is 7.84. The van der Waals surface area contributed by atoms with E-state index in [0.717, 1.165) is 28.8 Å². The van der Waals surface area contributed by atoms with Gasteiger partial charge in [0.1, 0.15) is 17.4 Å². The molecule has 3 heterocycles. The number of fused-ring (bicyclic) bond motifs is 1. The first-order chi connectivity index (χ1) is 21.5. The number of amides is 2. The van der Waals surface area contributed by atoms with Crippen molar-refractivity contribution in [3.63, 3.8) is 0 Å². The Morgan fingerprint density at radius 2 is 1.62 bits per heavy atom. The summed E-state index contributed by atoms with van der Waals surface area (Å²) in [5.74, 6) is 1.20. The van der Waals surface area contributed by atoms with E-state index in [4.69, 9.17) is 24.7 Å². The first-order valence-electron chi connectivity index (χ1n) is 15.1. The van der Waals surface area contributed by atoms with Crippen LogP contribution in [0.25, 0.3) is 0 Å². The Morgan fingerprint density at radius 1 is 0.956 bits per heavy atom. The minimum absolute atomic E-state index is 0.101. The van der Waals surface area contributed by atoms with Gasteiger partial charge >= 0.3 is 6.09 Å². The Labute approximate surface area is 263 Å². The number of anilines is 2. The van der Waals surface area contributed by atoms with E-state index in [-0.39, 0.29) is 5.91 Å². The molecule has 11 heteroatoms. The average molecular weight is 608 g/mol. The van der Waals surface area contributed by atoms with E-state index in [1.54, 1.807) is 46.2 Å². The maximum Gasteiger partial charge on any atom is 0.410 e. The van der Waals surface area contributed by atoms with Crippen LogP contribution in [0, 0.1) is 36.5 Å². The molecule has 2 aliphatic rings. The van der Waals surface area contributed by atoms with Gasteiger partial charge in [0.2, 0.25) is 17.7 Å². The highest BCUT2D eigenvalue weighted by Crippen LogP contribution is 2.34. The second-order valence-electron chi connectivity index (χ2n) is 12.4. The van der Waals surface area contributed by atoms with Gasteiger partial charge in [-0.3, -0.25) is 9.69 Å². The quantitative estimate of drug-likeness (QED) is 0.386. The van der Waals surface area contributed by atoms with Crippen LogP contribution < -0.4 is 10.1 Å². The summed E-state index contributed by atoms with van der Waals surface area (Å²) in [6.07, 6.45) is 1.78. The van der Waals surface area contributed by atoms with Gasteiger partial charge in [0.15, 0.2) is 0 Å². The number of carbonyl (C=O) groups is 2. The molecule has 0 spiro atoms. The molecule has 0 saturated carbocycles. The summed E-state index contributed by atoms with van der Waals surface area (Å²) in [5, 5.41) is 21.8. The molecule has 232 valence electrons. The normalized spacial score (nSPS) is 16.2. The van der Waals surface area contributed by atoms with Gasteiger partial charge in [0.25, 0.3) is 0 Å². The average Bonchev–Trinajstić information content (AvgIpc) is 3.39. The molecule has 0 bridgehead atoms. The summed E-state index contributed by atoms with van der Waals surface area (Å²) >= 11 is 0. The zero-order chi connectivity index (χ0) is 32.3. The van der Waals surface area contributed by atoms with Crippen molar-refractivity contribution in [2.75, 3.05) is 25.0 Å². The molecule has 2 amide bonds. The number of hydrogen-bond donors (Lipinski definition) is 1. The van der Waals surface area contributed by atoms with E-state index in [9.17, 15) is 14.9 Å². The maximum absolute atomic E-state index is 13.8. The molecule has 2 aliphatic heterocycles. The fourth-order valence-corrected chi connectivity index (χ4v) is 5.73. The van der Waals surface area contributed by atoms with Gasteiger partial charge in [-0.2, -0.15) is 15.5 Å². The SMILES string of the molecule is Cc1cc(C#N)cc(C)c1Oc1nc(Nc2ccc(C#N)cc2)nc2c1CCN(C(=O)[C@H]1CCCN1C(=O)OC(C)(C)C)CC2.